The van der Waals surface area contributed by atoms with Crippen LogP contribution in [0.4, 0.5) is 5.69 Å². The van der Waals surface area contributed by atoms with E-state index in [0.29, 0.717) is 11.0 Å². The van der Waals surface area contributed by atoms with Crippen LogP contribution >= 0.6 is 15.9 Å². The predicted molar refractivity (Wildman–Crippen MR) is 79.1 cm³/mol. The van der Waals surface area contributed by atoms with Gasteiger partial charge in [-0.15, -0.1) is 0 Å². The van der Waals surface area contributed by atoms with Crippen molar-refractivity contribution in [2.24, 2.45) is 0 Å². The third-order valence-electron chi connectivity index (χ3n) is 3.07. The Morgan fingerprint density at radius 3 is 2.67 bits per heavy atom. The van der Waals surface area contributed by atoms with E-state index >= 15 is 0 Å². The number of hydrogen-bond donors (Lipinski definition) is 1. The minimum absolute atomic E-state index is 0.0494. The second-order valence-corrected chi connectivity index (χ2v) is 5.91. The Kier molecular flexibility index (Phi) is 5.38. The molecule has 1 aromatic heterocycles. The maximum Gasteiger partial charge on any atom is 0.283 e. The molecule has 0 amide bonds. The molecule has 0 spiro atoms. The molecule has 0 aliphatic heterocycles. The normalized spacial score (nSPS) is 11.6. The molecule has 1 rings (SSSR count). The molecule has 0 aliphatic rings. The highest BCUT2D eigenvalue weighted by Gasteiger charge is 2.17. The maximum atomic E-state index is 12.1. The van der Waals surface area contributed by atoms with Crippen LogP contribution in [0.3, 0.4) is 0 Å². The Bertz CT molecular complexity index is 454. The summed E-state index contributed by atoms with van der Waals surface area (Å²) in [6, 6.07) is 0. The molecule has 0 fully saturated rings. The summed E-state index contributed by atoms with van der Waals surface area (Å²) in [7, 11) is 0. The van der Waals surface area contributed by atoms with Gasteiger partial charge in [-0.1, -0.05) is 20.3 Å². The number of aryl methyl sites for hydroxylation is 1. The molecular formula is C13H22BrN3O. The highest BCUT2D eigenvalue weighted by molar-refractivity contribution is 9.10. The van der Waals surface area contributed by atoms with Crippen LogP contribution in [-0.4, -0.2) is 15.3 Å². The summed E-state index contributed by atoms with van der Waals surface area (Å²) < 4.78 is 2.08. The zero-order valence-corrected chi connectivity index (χ0v) is 13.2. The van der Waals surface area contributed by atoms with Gasteiger partial charge >= 0.3 is 0 Å². The molecule has 102 valence electrons. The molecule has 4 nitrogen and oxygen atoms in total. The van der Waals surface area contributed by atoms with Gasteiger partial charge in [0.2, 0.25) is 0 Å². The van der Waals surface area contributed by atoms with Crippen molar-refractivity contribution in [3.8, 4) is 0 Å². The van der Waals surface area contributed by atoms with Crippen LogP contribution in [0.2, 0.25) is 0 Å². The largest absolute Gasteiger partial charge is 0.378 e. The van der Waals surface area contributed by atoms with Crippen molar-refractivity contribution >= 4 is 21.6 Å². The van der Waals surface area contributed by atoms with E-state index in [9.17, 15) is 4.79 Å². The average Bonchev–Trinajstić information content (AvgIpc) is 2.34. The monoisotopic (exact) mass is 315 g/mol. The second kappa shape index (κ2) is 6.36. The van der Waals surface area contributed by atoms with Gasteiger partial charge in [-0.05, 0) is 42.6 Å². The summed E-state index contributed by atoms with van der Waals surface area (Å²) in [5.74, 6) is 0. The predicted octanol–water partition coefficient (Wildman–Crippen LogP) is 3.41. The van der Waals surface area contributed by atoms with Crippen LogP contribution in [0, 0.1) is 0 Å². The fourth-order valence-electron chi connectivity index (χ4n) is 1.47. The van der Waals surface area contributed by atoms with Crippen molar-refractivity contribution in [3.05, 3.63) is 21.0 Å². The number of aromatic nitrogens is 2. The smallest absolute Gasteiger partial charge is 0.283 e. The molecule has 0 saturated carbocycles. The fraction of sp³-hybridized carbons (Fsp3) is 0.692. The van der Waals surface area contributed by atoms with E-state index in [1.54, 1.807) is 6.20 Å². The fourth-order valence-corrected chi connectivity index (χ4v) is 1.88. The first kappa shape index (κ1) is 15.2. The molecule has 0 bridgehead atoms. The Labute approximate surface area is 117 Å². The molecule has 0 atom stereocenters. The lowest BCUT2D eigenvalue weighted by molar-refractivity contribution is 0.530. The Morgan fingerprint density at radius 2 is 2.11 bits per heavy atom. The summed E-state index contributed by atoms with van der Waals surface area (Å²) >= 11 is 3.37. The van der Waals surface area contributed by atoms with Crippen LogP contribution in [0.15, 0.2) is 15.5 Å². The van der Waals surface area contributed by atoms with Crippen LogP contribution in [-0.2, 0) is 6.54 Å². The van der Waals surface area contributed by atoms with Gasteiger partial charge in [0, 0.05) is 12.1 Å². The van der Waals surface area contributed by atoms with E-state index in [0.717, 1.165) is 24.9 Å². The number of nitrogens with zero attached hydrogens (tertiary/aromatic N) is 2. The Hall–Kier alpha value is -0.840. The minimum Gasteiger partial charge on any atom is -0.378 e. The molecule has 0 unspecified atom stereocenters. The summed E-state index contributed by atoms with van der Waals surface area (Å²) in [6.07, 6.45) is 4.71. The molecule has 0 radical (unpaired) electrons. The zero-order valence-electron chi connectivity index (χ0n) is 11.6. The summed E-state index contributed by atoms with van der Waals surface area (Å²) in [5, 5.41) is 7.54. The molecule has 1 heterocycles. The van der Waals surface area contributed by atoms with Crippen molar-refractivity contribution in [3.63, 3.8) is 0 Å². The van der Waals surface area contributed by atoms with Gasteiger partial charge in [0.1, 0.15) is 4.47 Å². The number of halogens is 1. The van der Waals surface area contributed by atoms with Crippen molar-refractivity contribution < 1.29 is 0 Å². The molecule has 1 N–H and O–H groups in total. The lowest BCUT2D eigenvalue weighted by atomic mass is 10.0. The number of anilines is 1. The van der Waals surface area contributed by atoms with Gasteiger partial charge < -0.3 is 5.32 Å². The first-order chi connectivity index (χ1) is 8.41. The van der Waals surface area contributed by atoms with Gasteiger partial charge in [-0.3, -0.25) is 4.79 Å². The van der Waals surface area contributed by atoms with Gasteiger partial charge in [-0.2, -0.15) is 5.10 Å². The quantitative estimate of drug-likeness (QED) is 0.875. The van der Waals surface area contributed by atoms with E-state index < -0.39 is 0 Å². The van der Waals surface area contributed by atoms with Gasteiger partial charge in [0.05, 0.1) is 11.9 Å². The first-order valence-electron chi connectivity index (χ1n) is 6.45. The van der Waals surface area contributed by atoms with E-state index in [-0.39, 0.29) is 11.1 Å². The third-order valence-corrected chi connectivity index (χ3v) is 3.83. The van der Waals surface area contributed by atoms with E-state index in [1.807, 2.05) is 0 Å². The number of rotatable bonds is 6. The van der Waals surface area contributed by atoms with Gasteiger partial charge in [0.25, 0.3) is 5.56 Å². The third kappa shape index (κ3) is 3.83. The Balaban J connectivity index is 2.98. The zero-order chi connectivity index (χ0) is 13.8. The molecule has 0 saturated heterocycles. The highest BCUT2D eigenvalue weighted by atomic mass is 79.9. The molecule has 1 aromatic rings. The van der Waals surface area contributed by atoms with Gasteiger partial charge in [0.15, 0.2) is 0 Å². The molecular weight excluding hydrogens is 294 g/mol. The van der Waals surface area contributed by atoms with Crippen LogP contribution < -0.4 is 10.9 Å². The number of unbranched alkanes of at least 4 members (excludes halogenated alkanes) is 1. The lowest BCUT2D eigenvalue weighted by Gasteiger charge is -2.26. The highest BCUT2D eigenvalue weighted by Crippen LogP contribution is 2.22. The standard InChI is InChI=1S/C13H22BrN3O/c1-5-7-8-17-12(18)11(14)10(9-15-17)16-13(3,4)6-2/h9,16H,5-8H2,1-4H3. The Morgan fingerprint density at radius 1 is 1.44 bits per heavy atom. The molecule has 0 aliphatic carbocycles. The minimum atomic E-state index is -0.0691. The van der Waals surface area contributed by atoms with Crippen molar-refractivity contribution in [1.29, 1.82) is 0 Å². The lowest BCUT2D eigenvalue weighted by Crippen LogP contribution is -2.32. The summed E-state index contributed by atoms with van der Waals surface area (Å²) in [5.41, 5.74) is 0.645. The SMILES string of the molecule is CCCCn1ncc(NC(C)(C)CC)c(Br)c1=O. The van der Waals surface area contributed by atoms with Crippen molar-refractivity contribution in [2.75, 3.05) is 5.32 Å². The van der Waals surface area contributed by atoms with Gasteiger partial charge in [-0.25, -0.2) is 4.68 Å². The summed E-state index contributed by atoms with van der Waals surface area (Å²) in [4.78, 5) is 12.1. The van der Waals surface area contributed by atoms with E-state index in [2.05, 4.69) is 54.0 Å². The van der Waals surface area contributed by atoms with E-state index in [1.165, 1.54) is 4.68 Å². The van der Waals surface area contributed by atoms with Crippen molar-refractivity contribution in [1.82, 2.24) is 9.78 Å². The van der Waals surface area contributed by atoms with Crippen LogP contribution in [0.1, 0.15) is 47.0 Å². The molecule has 0 aromatic carbocycles. The van der Waals surface area contributed by atoms with Crippen molar-refractivity contribution in [2.45, 2.75) is 59.0 Å². The number of nitrogens with one attached hydrogen (secondary N) is 1. The molecule has 18 heavy (non-hydrogen) atoms. The van der Waals surface area contributed by atoms with Crippen LogP contribution in [0.25, 0.3) is 0 Å². The van der Waals surface area contributed by atoms with Crippen LogP contribution in [0.5, 0.6) is 0 Å². The first-order valence-corrected chi connectivity index (χ1v) is 7.24. The molecule has 5 heteroatoms. The maximum absolute atomic E-state index is 12.1. The topological polar surface area (TPSA) is 46.9 Å². The number of hydrogen-bond acceptors (Lipinski definition) is 3. The van der Waals surface area contributed by atoms with E-state index in [4.69, 9.17) is 0 Å². The average molecular weight is 316 g/mol. The summed E-state index contributed by atoms with van der Waals surface area (Å²) in [6.45, 7) is 9.08. The second-order valence-electron chi connectivity index (χ2n) is 5.12.